The van der Waals surface area contributed by atoms with Crippen LogP contribution in [0.25, 0.3) is 0 Å². The maximum absolute atomic E-state index is 4.25. The monoisotopic (exact) mass is 848 g/mol. The fourth-order valence-electron chi connectivity index (χ4n) is 0.773. The fraction of sp³-hybridized carbons (Fsp3) is 0.462. The molecule has 0 bridgehead atoms. The molecule has 34 heavy (non-hydrogen) atoms. The molecule has 0 aromatic heterocycles. The maximum Gasteiger partial charge on any atom is 0 e. The first kappa shape index (κ1) is 77.1. The molecule has 0 aliphatic heterocycles. The van der Waals surface area contributed by atoms with Crippen molar-refractivity contribution >= 4 is 48.8 Å². The van der Waals surface area contributed by atoms with Crippen molar-refractivity contribution in [2.24, 2.45) is 0 Å². The molecular formula is C26H52S4Y4-8. The van der Waals surface area contributed by atoms with Crippen molar-refractivity contribution in [2.45, 2.75) is 40.5 Å². The zero-order chi connectivity index (χ0) is 25.9. The Morgan fingerprint density at radius 3 is 1.00 bits per heavy atom. The summed E-state index contributed by atoms with van der Waals surface area (Å²) in [7, 11) is 0. The summed E-state index contributed by atoms with van der Waals surface area (Å²) in [5, 5.41) is 0. The Bertz CT molecular complexity index is 186. The first-order valence-corrected chi connectivity index (χ1v) is 13.3. The molecule has 0 saturated carbocycles. The van der Waals surface area contributed by atoms with E-state index in [0.29, 0.717) is 0 Å². The third kappa shape index (κ3) is 169. The van der Waals surface area contributed by atoms with Gasteiger partial charge in [0.2, 0.25) is 0 Å². The van der Waals surface area contributed by atoms with E-state index in [0.717, 1.165) is 29.4 Å². The van der Waals surface area contributed by atoms with Gasteiger partial charge in [0.25, 0.3) is 0 Å². The average Bonchev–Trinajstić information content (AvgIpc) is 2.86. The van der Waals surface area contributed by atoms with Crippen LogP contribution in [0.5, 0.6) is 0 Å². The van der Waals surface area contributed by atoms with Crippen LogP contribution in [0.3, 0.4) is 0 Å². The standard InChI is InChI=1S/C11H18S2.C3H8S2.4C2H5.2C2H3.4Y/c1-3-5-8-12-10-7-11-13-9-6-4-2;4-2-1-3-5;6*1-2;;;;/h3-6H,1-2,7-11H2;4-5H,1-3H2;4*1H2,2H3;2*1H,2H2;;;;/q-2;;6*-1;;;;. The predicted molar refractivity (Wildman–Crippen MR) is 165 cm³/mol. The largest absolute Gasteiger partial charge is 0.521 e. The Hall–Kier alpha value is 4.52. The van der Waals surface area contributed by atoms with Gasteiger partial charge in [-0.15, -0.1) is 0 Å². The van der Waals surface area contributed by atoms with E-state index in [1.807, 2.05) is 35.7 Å². The van der Waals surface area contributed by atoms with E-state index in [1.165, 1.54) is 17.9 Å². The molecule has 0 N–H and O–H groups in total. The molecule has 0 nitrogen and oxygen atoms in total. The van der Waals surface area contributed by atoms with E-state index < -0.39 is 0 Å². The number of thiol groups is 2. The second-order valence-electron chi connectivity index (χ2n) is 3.25. The molecular weight excluding hydrogens is 796 g/mol. The molecule has 0 aromatic rings. The number of allylic oxidation sites excluding steroid dienone is 2. The zero-order valence-electron chi connectivity index (χ0n) is 22.8. The van der Waals surface area contributed by atoms with Gasteiger partial charge in [-0.25, -0.2) is 38.2 Å². The fourth-order valence-corrected chi connectivity index (χ4v) is 3.10. The van der Waals surface area contributed by atoms with Crippen molar-refractivity contribution in [1.82, 2.24) is 0 Å². The van der Waals surface area contributed by atoms with Gasteiger partial charge in [0, 0.05) is 131 Å². The summed E-state index contributed by atoms with van der Waals surface area (Å²) in [6, 6.07) is 0. The summed E-state index contributed by atoms with van der Waals surface area (Å²) in [5.74, 6) is 6.64. The van der Waals surface area contributed by atoms with Gasteiger partial charge >= 0.3 is 0 Å². The Balaban J connectivity index is -0.0000000197. The Morgan fingerprint density at radius 2 is 0.853 bits per heavy atom. The van der Waals surface area contributed by atoms with Gasteiger partial charge in [-0.2, -0.15) is 76.5 Å². The summed E-state index contributed by atoms with van der Waals surface area (Å²) in [4.78, 5) is 0. The number of rotatable bonds is 12. The van der Waals surface area contributed by atoms with Crippen LogP contribution >= 0.6 is 48.8 Å². The molecule has 0 spiro atoms. The predicted octanol–water partition coefficient (Wildman–Crippen LogP) is 9.42. The minimum Gasteiger partial charge on any atom is -0.521 e. The third-order valence-corrected chi connectivity index (χ3v) is 4.30. The Labute approximate surface area is 340 Å². The van der Waals surface area contributed by atoms with Gasteiger partial charge in [-0.1, -0.05) is 11.5 Å². The summed E-state index contributed by atoms with van der Waals surface area (Å²) in [6.07, 6.45) is 10.3. The molecule has 0 rings (SSSR count). The first-order chi connectivity index (χ1) is 14.8. The van der Waals surface area contributed by atoms with Crippen molar-refractivity contribution in [3.63, 3.8) is 0 Å². The van der Waals surface area contributed by atoms with E-state index in [1.54, 1.807) is 27.7 Å². The van der Waals surface area contributed by atoms with Crippen molar-refractivity contribution in [1.29, 1.82) is 0 Å². The van der Waals surface area contributed by atoms with Gasteiger partial charge < -0.3 is 40.9 Å². The van der Waals surface area contributed by atoms with Crippen LogP contribution in [-0.4, -0.2) is 34.5 Å². The molecule has 0 aromatic carbocycles. The molecule has 4 radical (unpaired) electrons. The van der Waals surface area contributed by atoms with E-state index in [2.05, 4.69) is 105 Å². The quantitative estimate of drug-likeness (QED) is 0.114. The van der Waals surface area contributed by atoms with Crippen molar-refractivity contribution < 1.29 is 131 Å². The molecule has 8 heteroatoms. The maximum atomic E-state index is 4.25. The van der Waals surface area contributed by atoms with E-state index in [9.17, 15) is 0 Å². The van der Waals surface area contributed by atoms with Crippen molar-refractivity contribution in [2.75, 3.05) is 34.5 Å². The van der Waals surface area contributed by atoms with Gasteiger partial charge in [-0.05, 0) is 35.9 Å². The topological polar surface area (TPSA) is 0 Å². The van der Waals surface area contributed by atoms with Crippen LogP contribution < -0.4 is 0 Å². The SMILES string of the molecule is C=C[CH-]CSCCCSC[CH-]C=C.SCCCS.[CH-]=C.[CH-]=C.[CH2-]C.[CH2-]C.[CH2-]C.[CH2-]C.[Y].[Y].[Y].[Y]. The molecule has 0 fully saturated rings. The Kier molecular flexibility index (Phi) is 331. The molecule has 0 amide bonds. The minimum atomic E-state index is 0. The zero-order valence-corrected chi connectivity index (χ0v) is 37.6. The molecule has 200 valence electrons. The van der Waals surface area contributed by atoms with Crippen molar-refractivity contribution in [3.8, 4) is 0 Å². The van der Waals surface area contributed by atoms with Gasteiger partial charge in [0.05, 0.1) is 0 Å². The van der Waals surface area contributed by atoms with Gasteiger partial charge in [0.15, 0.2) is 0 Å². The van der Waals surface area contributed by atoms with E-state index in [-0.39, 0.29) is 131 Å². The van der Waals surface area contributed by atoms with E-state index in [4.69, 9.17) is 0 Å². The normalized spacial score (nSPS) is 5.71. The molecule has 0 aliphatic rings. The molecule has 0 unspecified atom stereocenters. The Morgan fingerprint density at radius 1 is 0.618 bits per heavy atom. The van der Waals surface area contributed by atoms with Crippen LogP contribution in [0.1, 0.15) is 40.5 Å². The minimum absolute atomic E-state index is 0. The summed E-state index contributed by atoms with van der Waals surface area (Å²) in [6.45, 7) is 41.3. The van der Waals surface area contributed by atoms with E-state index >= 15 is 0 Å². The average molecular weight is 849 g/mol. The van der Waals surface area contributed by atoms with Gasteiger partial charge in [0.1, 0.15) is 0 Å². The second-order valence-corrected chi connectivity index (χ2v) is 6.44. The number of hydrogen-bond acceptors (Lipinski definition) is 4. The molecule has 0 atom stereocenters. The number of thioether (sulfide) groups is 2. The third-order valence-electron chi connectivity index (χ3n) is 1.66. The molecule has 0 aliphatic carbocycles. The summed E-state index contributed by atoms with van der Waals surface area (Å²) >= 11 is 11.8. The van der Waals surface area contributed by atoms with Crippen molar-refractivity contribution in [3.05, 3.63) is 92.2 Å². The number of hydrogen-bond donors (Lipinski definition) is 2. The first-order valence-electron chi connectivity index (χ1n) is 9.73. The van der Waals surface area contributed by atoms with Gasteiger partial charge in [-0.3, -0.25) is 13.2 Å². The second kappa shape index (κ2) is 146. The van der Waals surface area contributed by atoms with Crippen LogP contribution in [0.15, 0.2) is 38.5 Å². The molecule has 0 heterocycles. The smallest absolute Gasteiger partial charge is 0 e. The molecule has 0 saturated heterocycles. The van der Waals surface area contributed by atoms with Crippen LogP contribution in [0, 0.1) is 53.7 Å². The van der Waals surface area contributed by atoms with Crippen LogP contribution in [0.4, 0.5) is 0 Å². The summed E-state index contributed by atoms with van der Waals surface area (Å²) in [5.41, 5.74) is 0. The van der Waals surface area contributed by atoms with Crippen LogP contribution in [-0.2, 0) is 131 Å². The van der Waals surface area contributed by atoms with Crippen LogP contribution in [0.2, 0.25) is 0 Å². The summed E-state index contributed by atoms with van der Waals surface area (Å²) < 4.78 is 0.